The van der Waals surface area contributed by atoms with Gasteiger partial charge in [-0.3, -0.25) is 9.52 Å². The Morgan fingerprint density at radius 3 is 2.29 bits per heavy atom. The summed E-state index contributed by atoms with van der Waals surface area (Å²) in [5, 5.41) is 2.90. The van der Waals surface area contributed by atoms with Gasteiger partial charge in [-0.05, 0) is 57.3 Å². The standard InChI is InChI=1S/C21H29N3O3S/c1-15(2)20(24(4)5)14-22-21(25)17-7-6-8-19(13-17)28(26,27)23-18-11-9-16(3)10-12-18/h6-13,15,20,23H,14H2,1-5H3,(H,22,25)/t20-/m0/s1. The molecule has 0 saturated heterocycles. The van der Waals surface area contributed by atoms with Gasteiger partial charge in [-0.25, -0.2) is 8.42 Å². The predicted octanol–water partition coefficient (Wildman–Crippen LogP) is 3.11. The summed E-state index contributed by atoms with van der Waals surface area (Å²) in [4.78, 5) is 14.6. The number of carbonyl (C=O) groups excluding carboxylic acids is 1. The summed E-state index contributed by atoms with van der Waals surface area (Å²) in [5.74, 6) is 0.0839. The molecule has 152 valence electrons. The first-order valence-electron chi connectivity index (χ1n) is 9.24. The van der Waals surface area contributed by atoms with E-state index in [9.17, 15) is 13.2 Å². The highest BCUT2D eigenvalue weighted by atomic mass is 32.2. The number of amides is 1. The summed E-state index contributed by atoms with van der Waals surface area (Å²) in [5.41, 5.74) is 1.83. The molecule has 0 saturated carbocycles. The van der Waals surface area contributed by atoms with Crippen LogP contribution < -0.4 is 10.0 Å². The molecule has 7 heteroatoms. The summed E-state index contributed by atoms with van der Waals surface area (Å²) in [6, 6.07) is 13.3. The van der Waals surface area contributed by atoms with Gasteiger partial charge in [0.15, 0.2) is 0 Å². The van der Waals surface area contributed by atoms with Crippen molar-refractivity contribution in [1.82, 2.24) is 10.2 Å². The molecule has 1 amide bonds. The van der Waals surface area contributed by atoms with E-state index < -0.39 is 10.0 Å². The van der Waals surface area contributed by atoms with Crippen LogP contribution in [0, 0.1) is 12.8 Å². The third-order valence-corrected chi connectivity index (χ3v) is 5.99. The van der Waals surface area contributed by atoms with E-state index in [-0.39, 0.29) is 16.8 Å². The topological polar surface area (TPSA) is 78.5 Å². The molecular formula is C21H29N3O3S. The fourth-order valence-electron chi connectivity index (χ4n) is 2.95. The van der Waals surface area contributed by atoms with Gasteiger partial charge in [-0.1, -0.05) is 37.6 Å². The number of carbonyl (C=O) groups is 1. The van der Waals surface area contributed by atoms with Crippen LogP contribution in [0.1, 0.15) is 29.8 Å². The second-order valence-electron chi connectivity index (χ2n) is 7.48. The maximum atomic E-state index is 12.7. The van der Waals surface area contributed by atoms with Gasteiger partial charge >= 0.3 is 0 Å². The molecule has 2 N–H and O–H groups in total. The first kappa shape index (κ1) is 21.9. The first-order valence-corrected chi connectivity index (χ1v) is 10.7. The van der Waals surface area contributed by atoms with Crippen molar-refractivity contribution in [3.8, 4) is 0 Å². The highest BCUT2D eigenvalue weighted by Crippen LogP contribution is 2.18. The van der Waals surface area contributed by atoms with Crippen molar-refractivity contribution in [2.24, 2.45) is 5.92 Å². The van der Waals surface area contributed by atoms with Gasteiger partial charge in [0.05, 0.1) is 4.90 Å². The second kappa shape index (κ2) is 9.21. The zero-order valence-corrected chi connectivity index (χ0v) is 17.9. The maximum absolute atomic E-state index is 12.7. The number of nitrogens with zero attached hydrogens (tertiary/aromatic N) is 1. The van der Waals surface area contributed by atoms with Crippen LogP contribution in [0.25, 0.3) is 0 Å². The van der Waals surface area contributed by atoms with Crippen molar-refractivity contribution in [2.75, 3.05) is 25.4 Å². The van der Waals surface area contributed by atoms with E-state index in [4.69, 9.17) is 0 Å². The van der Waals surface area contributed by atoms with Crippen molar-refractivity contribution in [3.05, 3.63) is 59.7 Å². The number of likely N-dealkylation sites (N-methyl/N-ethyl adjacent to an activating group) is 1. The van der Waals surface area contributed by atoms with Crippen LogP contribution in [0.15, 0.2) is 53.4 Å². The summed E-state index contributed by atoms with van der Waals surface area (Å²) in [7, 11) is 0.167. The highest BCUT2D eigenvalue weighted by molar-refractivity contribution is 7.92. The summed E-state index contributed by atoms with van der Waals surface area (Å²) >= 11 is 0. The lowest BCUT2D eigenvalue weighted by molar-refractivity contribution is 0.0934. The minimum atomic E-state index is -3.78. The van der Waals surface area contributed by atoms with E-state index in [0.29, 0.717) is 23.7 Å². The summed E-state index contributed by atoms with van der Waals surface area (Å²) < 4.78 is 27.9. The number of anilines is 1. The molecule has 0 fully saturated rings. The SMILES string of the molecule is Cc1ccc(NS(=O)(=O)c2cccc(C(=O)NC[C@@H](C(C)C)N(C)C)c2)cc1. The summed E-state index contributed by atoms with van der Waals surface area (Å²) in [6.07, 6.45) is 0. The molecule has 0 aromatic heterocycles. The Hall–Kier alpha value is -2.38. The lowest BCUT2D eigenvalue weighted by Crippen LogP contribution is -2.43. The Morgan fingerprint density at radius 1 is 1.07 bits per heavy atom. The number of hydrogen-bond acceptors (Lipinski definition) is 4. The quantitative estimate of drug-likeness (QED) is 0.710. The molecule has 0 unspecified atom stereocenters. The minimum Gasteiger partial charge on any atom is -0.350 e. The monoisotopic (exact) mass is 403 g/mol. The lowest BCUT2D eigenvalue weighted by Gasteiger charge is -2.28. The van der Waals surface area contributed by atoms with E-state index >= 15 is 0 Å². The molecule has 1 atom stereocenters. The van der Waals surface area contributed by atoms with E-state index in [2.05, 4.69) is 28.8 Å². The largest absolute Gasteiger partial charge is 0.350 e. The number of sulfonamides is 1. The predicted molar refractivity (Wildman–Crippen MR) is 113 cm³/mol. The third-order valence-electron chi connectivity index (χ3n) is 4.61. The molecule has 28 heavy (non-hydrogen) atoms. The van der Waals surface area contributed by atoms with Crippen molar-refractivity contribution < 1.29 is 13.2 Å². The van der Waals surface area contributed by atoms with Crippen molar-refractivity contribution in [2.45, 2.75) is 31.7 Å². The van der Waals surface area contributed by atoms with Crippen LogP contribution in [-0.4, -0.2) is 45.9 Å². The van der Waals surface area contributed by atoms with E-state index in [1.165, 1.54) is 12.1 Å². The molecule has 6 nitrogen and oxygen atoms in total. The Labute approximate surface area is 168 Å². The fourth-order valence-corrected chi connectivity index (χ4v) is 4.06. The van der Waals surface area contributed by atoms with Crippen molar-refractivity contribution in [1.29, 1.82) is 0 Å². The van der Waals surface area contributed by atoms with Gasteiger partial charge in [0.25, 0.3) is 15.9 Å². The molecule has 0 spiro atoms. The Bertz CT molecular complexity index is 899. The van der Waals surface area contributed by atoms with Crippen LogP contribution in [0.5, 0.6) is 0 Å². The molecule has 2 aromatic carbocycles. The van der Waals surface area contributed by atoms with Crippen LogP contribution in [0.2, 0.25) is 0 Å². The lowest BCUT2D eigenvalue weighted by atomic mass is 10.0. The molecule has 0 heterocycles. The Balaban J connectivity index is 2.14. The van der Waals surface area contributed by atoms with Gasteiger partial charge in [0.2, 0.25) is 0 Å². The average Bonchev–Trinajstić information content (AvgIpc) is 2.63. The zero-order chi connectivity index (χ0) is 20.9. The molecular weight excluding hydrogens is 374 g/mol. The number of rotatable bonds is 8. The molecule has 0 aliphatic heterocycles. The Kier molecular flexibility index (Phi) is 7.21. The van der Waals surface area contributed by atoms with Gasteiger partial charge in [0, 0.05) is 23.8 Å². The number of benzene rings is 2. The average molecular weight is 404 g/mol. The van der Waals surface area contributed by atoms with Crippen LogP contribution in [-0.2, 0) is 10.0 Å². The van der Waals surface area contributed by atoms with Gasteiger partial charge < -0.3 is 10.2 Å². The molecule has 0 aliphatic rings. The number of aryl methyl sites for hydroxylation is 1. The minimum absolute atomic E-state index is 0.0498. The number of nitrogens with one attached hydrogen (secondary N) is 2. The van der Waals surface area contributed by atoms with E-state index in [1.54, 1.807) is 24.3 Å². The van der Waals surface area contributed by atoms with Gasteiger partial charge in [-0.2, -0.15) is 0 Å². The molecule has 0 bridgehead atoms. The van der Waals surface area contributed by atoms with Crippen LogP contribution in [0.4, 0.5) is 5.69 Å². The van der Waals surface area contributed by atoms with E-state index in [0.717, 1.165) is 5.56 Å². The molecule has 2 rings (SSSR count). The number of hydrogen-bond donors (Lipinski definition) is 2. The van der Waals surface area contributed by atoms with Crippen molar-refractivity contribution >= 4 is 21.6 Å². The fraction of sp³-hybridized carbons (Fsp3) is 0.381. The maximum Gasteiger partial charge on any atom is 0.261 e. The highest BCUT2D eigenvalue weighted by Gasteiger charge is 2.19. The van der Waals surface area contributed by atoms with Crippen LogP contribution >= 0.6 is 0 Å². The van der Waals surface area contributed by atoms with Gasteiger partial charge in [0.1, 0.15) is 0 Å². The third kappa shape index (κ3) is 5.81. The van der Waals surface area contributed by atoms with Crippen molar-refractivity contribution in [3.63, 3.8) is 0 Å². The first-order chi connectivity index (χ1) is 13.1. The summed E-state index contributed by atoms with van der Waals surface area (Å²) in [6.45, 7) is 6.62. The zero-order valence-electron chi connectivity index (χ0n) is 17.1. The molecule has 0 aliphatic carbocycles. The van der Waals surface area contributed by atoms with Crippen LogP contribution in [0.3, 0.4) is 0 Å². The van der Waals surface area contributed by atoms with Gasteiger partial charge in [-0.15, -0.1) is 0 Å². The van der Waals surface area contributed by atoms with E-state index in [1.807, 2.05) is 33.2 Å². The molecule has 2 aromatic rings. The Morgan fingerprint density at radius 2 is 1.71 bits per heavy atom. The smallest absolute Gasteiger partial charge is 0.261 e. The normalized spacial score (nSPS) is 12.8. The second-order valence-corrected chi connectivity index (χ2v) is 9.17. The molecule has 0 radical (unpaired) electrons.